The van der Waals surface area contributed by atoms with E-state index in [9.17, 15) is 14.3 Å². The summed E-state index contributed by atoms with van der Waals surface area (Å²) in [5, 5.41) is 13.2. The van der Waals surface area contributed by atoms with Gasteiger partial charge >= 0.3 is 0 Å². The molecule has 3 aromatic carbocycles. The van der Waals surface area contributed by atoms with E-state index in [2.05, 4.69) is 53.1 Å². The number of rotatable bonds is 7. The number of carbonyl (C=O) groups is 1. The van der Waals surface area contributed by atoms with Crippen LogP contribution < -0.4 is 4.90 Å². The maximum absolute atomic E-state index is 13.9. The molecule has 1 amide bonds. The van der Waals surface area contributed by atoms with Gasteiger partial charge in [0.25, 0.3) is 0 Å². The van der Waals surface area contributed by atoms with Crippen LogP contribution >= 0.6 is 0 Å². The topological polar surface area (TPSA) is 50.3 Å². The van der Waals surface area contributed by atoms with Crippen LogP contribution in [0, 0.1) is 12.7 Å². The average molecular weight is 505 g/mol. The van der Waals surface area contributed by atoms with Crippen LogP contribution in [0.1, 0.15) is 24.0 Å². The Labute approximate surface area is 218 Å². The van der Waals surface area contributed by atoms with Gasteiger partial charge in [-0.2, -0.15) is 0 Å². The Morgan fingerprint density at radius 2 is 1.70 bits per heavy atom. The Bertz CT molecular complexity index is 1250. The largest absolute Gasteiger partial charge is 0.390 e. The van der Waals surface area contributed by atoms with Crippen molar-refractivity contribution in [3.05, 3.63) is 77.6 Å². The first-order chi connectivity index (χ1) is 17.8. The van der Waals surface area contributed by atoms with Crippen molar-refractivity contribution < 1.29 is 14.3 Å². The summed E-state index contributed by atoms with van der Waals surface area (Å²) in [6, 6.07) is 19.3. The second kappa shape index (κ2) is 10.4. The molecule has 5 rings (SSSR count). The van der Waals surface area contributed by atoms with Gasteiger partial charge < -0.3 is 19.8 Å². The number of amides is 1. The van der Waals surface area contributed by atoms with Crippen LogP contribution in [0.4, 0.5) is 10.1 Å². The minimum atomic E-state index is -0.680. The van der Waals surface area contributed by atoms with E-state index < -0.39 is 11.6 Å². The van der Waals surface area contributed by atoms with Gasteiger partial charge in [-0.25, -0.2) is 4.39 Å². The number of piperidine rings is 1. The third-order valence-corrected chi connectivity index (χ3v) is 7.94. The van der Waals surface area contributed by atoms with E-state index in [1.165, 1.54) is 34.0 Å². The van der Waals surface area contributed by atoms with Gasteiger partial charge in [-0.15, -0.1) is 0 Å². The zero-order chi connectivity index (χ0) is 26.2. The Morgan fingerprint density at radius 1 is 1.03 bits per heavy atom. The van der Waals surface area contributed by atoms with Crippen LogP contribution in [-0.4, -0.2) is 84.3 Å². The lowest BCUT2D eigenvalue weighted by Crippen LogP contribution is -2.56. The summed E-state index contributed by atoms with van der Waals surface area (Å²) in [4.78, 5) is 22.2. The highest BCUT2D eigenvalue weighted by Gasteiger charge is 2.53. The van der Waals surface area contributed by atoms with Gasteiger partial charge in [0.2, 0.25) is 5.91 Å². The average Bonchev–Trinajstić information content (AvgIpc) is 3.12. The molecule has 0 aromatic heterocycles. The van der Waals surface area contributed by atoms with Gasteiger partial charge in [0, 0.05) is 38.4 Å². The second-order valence-corrected chi connectivity index (χ2v) is 10.9. The lowest BCUT2D eigenvalue weighted by molar-refractivity contribution is -0.134. The van der Waals surface area contributed by atoms with Crippen molar-refractivity contribution in [2.75, 3.05) is 51.8 Å². The molecule has 0 radical (unpaired) electrons. The van der Waals surface area contributed by atoms with E-state index in [1.54, 1.807) is 17.0 Å². The SMILES string of the molecule is Cc1cccc2cccc(CN3CCC4(CC3)C(=O)N(CC(O)CN(C)C)CN4c3ccc(F)cc3)c12. The molecule has 1 spiro atoms. The lowest BCUT2D eigenvalue weighted by Gasteiger charge is -2.43. The third-order valence-electron chi connectivity index (χ3n) is 7.94. The van der Waals surface area contributed by atoms with Crippen molar-refractivity contribution >= 4 is 22.4 Å². The minimum Gasteiger partial charge on any atom is -0.390 e. The van der Waals surface area contributed by atoms with Crippen LogP contribution in [-0.2, 0) is 11.3 Å². The molecule has 1 N–H and O–H groups in total. The lowest BCUT2D eigenvalue weighted by atomic mass is 9.85. The number of aryl methyl sites for hydroxylation is 1. The zero-order valence-electron chi connectivity index (χ0n) is 22.0. The Morgan fingerprint density at radius 3 is 2.38 bits per heavy atom. The summed E-state index contributed by atoms with van der Waals surface area (Å²) in [5.74, 6) is -0.225. The fourth-order valence-electron chi connectivity index (χ4n) is 6.16. The Kier molecular flexibility index (Phi) is 7.21. The van der Waals surface area contributed by atoms with Gasteiger partial charge in [0.1, 0.15) is 11.4 Å². The van der Waals surface area contributed by atoms with E-state index in [1.807, 2.05) is 19.0 Å². The van der Waals surface area contributed by atoms with E-state index in [0.29, 0.717) is 26.1 Å². The van der Waals surface area contributed by atoms with Gasteiger partial charge in [-0.3, -0.25) is 9.69 Å². The molecule has 2 fully saturated rings. The molecule has 1 unspecified atom stereocenters. The summed E-state index contributed by atoms with van der Waals surface area (Å²) in [5.41, 5.74) is 2.76. The van der Waals surface area contributed by atoms with E-state index in [4.69, 9.17) is 0 Å². The Hall–Kier alpha value is -3.00. The first-order valence-corrected chi connectivity index (χ1v) is 13.1. The number of carbonyl (C=O) groups excluding carboxylic acids is 1. The summed E-state index contributed by atoms with van der Waals surface area (Å²) in [7, 11) is 3.82. The number of aliphatic hydroxyl groups is 1. The number of anilines is 1. The smallest absolute Gasteiger partial charge is 0.250 e. The molecule has 7 heteroatoms. The zero-order valence-corrected chi connectivity index (χ0v) is 22.0. The first kappa shape index (κ1) is 25.6. The maximum Gasteiger partial charge on any atom is 0.250 e. The molecule has 37 heavy (non-hydrogen) atoms. The number of halogens is 1. The molecule has 6 nitrogen and oxygen atoms in total. The van der Waals surface area contributed by atoms with E-state index in [0.717, 1.165) is 25.3 Å². The van der Waals surface area contributed by atoms with Crippen LogP contribution in [0.5, 0.6) is 0 Å². The summed E-state index contributed by atoms with van der Waals surface area (Å²) >= 11 is 0. The Balaban J connectivity index is 1.37. The van der Waals surface area contributed by atoms with Crippen molar-refractivity contribution in [3.63, 3.8) is 0 Å². The van der Waals surface area contributed by atoms with Crippen LogP contribution in [0.3, 0.4) is 0 Å². The predicted molar refractivity (Wildman–Crippen MR) is 146 cm³/mol. The highest BCUT2D eigenvalue weighted by atomic mass is 19.1. The van der Waals surface area contributed by atoms with Gasteiger partial charge in [0.15, 0.2) is 0 Å². The molecule has 2 aliphatic rings. The van der Waals surface area contributed by atoms with Crippen molar-refractivity contribution in [2.24, 2.45) is 0 Å². The number of aliphatic hydroxyl groups excluding tert-OH is 1. The number of fused-ring (bicyclic) bond motifs is 1. The van der Waals surface area contributed by atoms with Gasteiger partial charge in [-0.1, -0.05) is 36.4 Å². The number of hydrogen-bond acceptors (Lipinski definition) is 5. The normalized spacial score (nSPS) is 18.9. The molecule has 0 saturated carbocycles. The van der Waals surface area contributed by atoms with Gasteiger partial charge in [0.05, 0.1) is 12.8 Å². The molecular weight excluding hydrogens is 467 g/mol. The molecule has 0 bridgehead atoms. The van der Waals surface area contributed by atoms with E-state index >= 15 is 0 Å². The fraction of sp³-hybridized carbons (Fsp3) is 0.433. The number of β-amino-alcohol motifs (C(OH)–C–C–N with tert-alkyl or cyclic N) is 1. The van der Waals surface area contributed by atoms with Gasteiger partial charge in [-0.05, 0) is 80.0 Å². The molecule has 2 heterocycles. The molecular formula is C30H37FN4O2. The van der Waals surface area contributed by atoms with Crippen molar-refractivity contribution in [2.45, 2.75) is 38.0 Å². The number of nitrogens with zero attached hydrogens (tertiary/aromatic N) is 4. The molecule has 1 atom stereocenters. The number of likely N-dealkylation sites (N-methyl/N-ethyl adjacent to an activating group) is 1. The van der Waals surface area contributed by atoms with Crippen LogP contribution in [0.2, 0.25) is 0 Å². The van der Waals surface area contributed by atoms with Crippen LogP contribution in [0.15, 0.2) is 60.7 Å². The second-order valence-electron chi connectivity index (χ2n) is 10.9. The summed E-state index contributed by atoms with van der Waals surface area (Å²) in [6.45, 7) is 5.76. The molecule has 196 valence electrons. The quantitative estimate of drug-likeness (QED) is 0.530. The number of hydrogen-bond donors (Lipinski definition) is 1. The van der Waals surface area contributed by atoms with Crippen molar-refractivity contribution in [1.82, 2.24) is 14.7 Å². The highest BCUT2D eigenvalue weighted by Crippen LogP contribution is 2.40. The van der Waals surface area contributed by atoms with E-state index in [-0.39, 0.29) is 18.3 Å². The summed E-state index contributed by atoms with van der Waals surface area (Å²) in [6.07, 6.45) is 0.749. The monoisotopic (exact) mass is 504 g/mol. The number of benzene rings is 3. The maximum atomic E-state index is 13.9. The first-order valence-electron chi connectivity index (χ1n) is 13.1. The van der Waals surface area contributed by atoms with Crippen LogP contribution in [0.25, 0.3) is 10.8 Å². The standard InChI is InChI=1S/C30H37FN4O2/c1-22-6-4-7-23-8-5-9-24(28(22)23)18-33-16-14-30(15-17-33)29(37)34(20-27(36)19-32(2)3)21-35(30)26-12-10-25(31)11-13-26/h4-13,27,36H,14-21H2,1-3H3. The molecule has 0 aliphatic carbocycles. The third kappa shape index (κ3) is 5.08. The number of likely N-dealkylation sites (tertiary alicyclic amines) is 1. The minimum absolute atomic E-state index is 0.0651. The highest BCUT2D eigenvalue weighted by molar-refractivity contribution is 5.93. The molecule has 2 aliphatic heterocycles. The molecule has 2 saturated heterocycles. The van der Waals surface area contributed by atoms with Crippen molar-refractivity contribution in [1.29, 1.82) is 0 Å². The van der Waals surface area contributed by atoms with Crippen molar-refractivity contribution in [3.8, 4) is 0 Å². The fourth-order valence-corrected chi connectivity index (χ4v) is 6.16. The molecule has 3 aromatic rings. The summed E-state index contributed by atoms with van der Waals surface area (Å²) < 4.78 is 13.7. The predicted octanol–water partition coefficient (Wildman–Crippen LogP) is 3.85.